The Morgan fingerprint density at radius 2 is 1.64 bits per heavy atom. The number of carbonyl (C=O) groups excluding carboxylic acids is 1. The van der Waals surface area contributed by atoms with Crippen molar-refractivity contribution < 1.29 is 38.7 Å². The Morgan fingerprint density at radius 1 is 1.03 bits per heavy atom. The first-order valence-corrected chi connectivity index (χ1v) is 10.8. The highest BCUT2D eigenvalue weighted by Crippen LogP contribution is 2.46. The summed E-state index contributed by atoms with van der Waals surface area (Å²) in [7, 11) is 0. The number of aliphatic hydroxyl groups is 1. The second kappa shape index (κ2) is 7.81. The number of hydrogen-bond donors (Lipinski definition) is 3. The summed E-state index contributed by atoms with van der Waals surface area (Å²) in [5, 5.41) is 22.7. The summed E-state index contributed by atoms with van der Waals surface area (Å²) in [5.74, 6) is -4.85. The molecule has 0 spiro atoms. The molecule has 0 radical (unpaired) electrons. The van der Waals surface area contributed by atoms with Gasteiger partial charge in [-0.3, -0.25) is 0 Å². The van der Waals surface area contributed by atoms with Gasteiger partial charge in [0.1, 0.15) is 18.8 Å². The minimum absolute atomic E-state index is 0.0878. The lowest BCUT2D eigenvalue weighted by molar-refractivity contribution is -0.262. The first kappa shape index (κ1) is 21.8. The Bertz CT molecular complexity index is 1060. The molecule has 2 saturated heterocycles. The molecule has 33 heavy (non-hydrogen) atoms. The number of fused-ring (bicyclic) bond motifs is 4. The zero-order chi connectivity index (χ0) is 23.4. The van der Waals surface area contributed by atoms with Crippen molar-refractivity contribution in [1.82, 2.24) is 5.32 Å². The van der Waals surface area contributed by atoms with E-state index >= 15 is 0 Å². The normalized spacial score (nSPS) is 29.2. The fraction of sp³-hybridized carbons (Fsp3) is 0.417. The van der Waals surface area contributed by atoms with Crippen molar-refractivity contribution >= 4 is 12.1 Å². The fourth-order valence-electron chi connectivity index (χ4n) is 4.92. The number of carboxylic acids is 1. The summed E-state index contributed by atoms with van der Waals surface area (Å²) in [5.41, 5.74) is 4.43. The molecule has 0 aromatic heterocycles. The number of benzene rings is 2. The average molecular weight is 455 g/mol. The van der Waals surface area contributed by atoms with E-state index in [-0.39, 0.29) is 19.1 Å². The summed E-state index contributed by atoms with van der Waals surface area (Å²) in [6.45, 7) is 3.04. The number of aliphatic hydroxyl groups excluding tert-OH is 1. The summed E-state index contributed by atoms with van der Waals surface area (Å²) in [4.78, 5) is 24.2. The van der Waals surface area contributed by atoms with E-state index in [2.05, 4.69) is 5.32 Å². The molecule has 0 saturated carbocycles. The summed E-state index contributed by atoms with van der Waals surface area (Å²) < 4.78 is 22.0. The standard InChI is InChI=1S/C24H25NO8/c1-23(2)32-20-19(26)18(31-24(20,33-23)21(27)28)11-25-22(29)30-12-17-15-9-5-3-7-13(15)14-8-4-6-10-16(14)17/h3-10,17-20,26H,11-12H2,1-2H3,(H,25,29)(H,27,28)/t18-,19+,20-,24+/m0/s1. The van der Waals surface area contributed by atoms with Crippen LogP contribution in [0.25, 0.3) is 11.1 Å². The van der Waals surface area contributed by atoms with Crippen LogP contribution in [0, 0.1) is 0 Å². The maximum Gasteiger partial charge on any atom is 0.407 e. The van der Waals surface area contributed by atoms with Gasteiger partial charge in [0.2, 0.25) is 0 Å². The summed E-state index contributed by atoms with van der Waals surface area (Å²) in [6.07, 6.45) is -4.27. The molecule has 0 bridgehead atoms. The third-order valence-electron chi connectivity index (χ3n) is 6.29. The van der Waals surface area contributed by atoms with Crippen molar-refractivity contribution in [3.63, 3.8) is 0 Å². The monoisotopic (exact) mass is 455 g/mol. The van der Waals surface area contributed by atoms with Crippen LogP contribution < -0.4 is 5.32 Å². The molecule has 2 aromatic rings. The molecule has 2 fully saturated rings. The highest BCUT2D eigenvalue weighted by atomic mass is 16.9. The van der Waals surface area contributed by atoms with Crippen molar-refractivity contribution in [1.29, 1.82) is 0 Å². The minimum Gasteiger partial charge on any atom is -0.477 e. The lowest BCUT2D eigenvalue weighted by Crippen LogP contribution is -2.48. The lowest BCUT2D eigenvalue weighted by Gasteiger charge is -2.25. The molecular weight excluding hydrogens is 430 g/mol. The van der Waals surface area contributed by atoms with Crippen LogP contribution in [0.3, 0.4) is 0 Å². The Balaban J connectivity index is 1.21. The van der Waals surface area contributed by atoms with Gasteiger partial charge in [0.25, 0.3) is 0 Å². The van der Waals surface area contributed by atoms with Gasteiger partial charge in [0.15, 0.2) is 11.9 Å². The Kier molecular flexibility index (Phi) is 5.17. The molecule has 2 aliphatic heterocycles. The lowest BCUT2D eigenvalue weighted by atomic mass is 9.98. The molecule has 3 aliphatic rings. The highest BCUT2D eigenvalue weighted by molar-refractivity contribution is 5.79. The molecule has 9 nitrogen and oxygen atoms in total. The van der Waals surface area contributed by atoms with E-state index in [9.17, 15) is 19.8 Å². The molecule has 4 atom stereocenters. The first-order chi connectivity index (χ1) is 15.7. The molecule has 2 heterocycles. The Morgan fingerprint density at radius 3 is 2.21 bits per heavy atom. The van der Waals surface area contributed by atoms with Gasteiger partial charge in [-0.1, -0.05) is 48.5 Å². The fourth-order valence-corrected chi connectivity index (χ4v) is 4.92. The first-order valence-electron chi connectivity index (χ1n) is 10.8. The topological polar surface area (TPSA) is 124 Å². The molecule has 9 heteroatoms. The number of ether oxygens (including phenoxy) is 4. The number of alkyl carbamates (subject to hydrolysis) is 1. The second-order valence-corrected chi connectivity index (χ2v) is 8.87. The number of nitrogens with one attached hydrogen (secondary N) is 1. The number of carbonyl (C=O) groups is 2. The predicted molar refractivity (Wildman–Crippen MR) is 114 cm³/mol. The van der Waals surface area contributed by atoms with Crippen molar-refractivity contribution in [2.24, 2.45) is 0 Å². The molecular formula is C24H25NO8. The van der Waals surface area contributed by atoms with Crippen LogP contribution in [0.15, 0.2) is 48.5 Å². The maximum absolute atomic E-state index is 12.4. The van der Waals surface area contributed by atoms with Crippen LogP contribution >= 0.6 is 0 Å². The van der Waals surface area contributed by atoms with Crippen molar-refractivity contribution in [2.45, 2.75) is 49.7 Å². The van der Waals surface area contributed by atoms with Gasteiger partial charge in [0, 0.05) is 12.5 Å². The minimum atomic E-state index is -2.13. The van der Waals surface area contributed by atoms with Crippen molar-refractivity contribution in [2.75, 3.05) is 13.2 Å². The highest BCUT2D eigenvalue weighted by Gasteiger charge is 2.69. The van der Waals surface area contributed by atoms with Crippen LogP contribution in [0.4, 0.5) is 4.79 Å². The van der Waals surface area contributed by atoms with Gasteiger partial charge in [-0.05, 0) is 36.1 Å². The maximum atomic E-state index is 12.4. The van der Waals surface area contributed by atoms with Gasteiger partial charge < -0.3 is 34.5 Å². The second-order valence-electron chi connectivity index (χ2n) is 8.87. The van der Waals surface area contributed by atoms with E-state index in [4.69, 9.17) is 18.9 Å². The quantitative estimate of drug-likeness (QED) is 0.627. The molecule has 3 N–H and O–H groups in total. The van der Waals surface area contributed by atoms with E-state index in [0.717, 1.165) is 22.3 Å². The van der Waals surface area contributed by atoms with Crippen molar-refractivity contribution in [3.05, 3.63) is 59.7 Å². The smallest absolute Gasteiger partial charge is 0.407 e. The molecule has 1 aliphatic carbocycles. The molecule has 1 amide bonds. The van der Waals surface area contributed by atoms with Crippen LogP contribution in [0.2, 0.25) is 0 Å². The van der Waals surface area contributed by atoms with Crippen LogP contribution in [0.5, 0.6) is 0 Å². The molecule has 174 valence electrons. The van der Waals surface area contributed by atoms with Gasteiger partial charge in [-0.15, -0.1) is 0 Å². The molecule has 5 rings (SSSR count). The van der Waals surface area contributed by atoms with E-state index in [1.54, 1.807) is 0 Å². The number of rotatable bonds is 5. The van der Waals surface area contributed by atoms with E-state index in [0.29, 0.717) is 0 Å². The predicted octanol–water partition coefficient (Wildman–Crippen LogP) is 2.22. The summed E-state index contributed by atoms with van der Waals surface area (Å²) >= 11 is 0. The van der Waals surface area contributed by atoms with E-state index in [1.165, 1.54) is 13.8 Å². The molecule has 2 aromatic carbocycles. The zero-order valence-corrected chi connectivity index (χ0v) is 18.2. The van der Waals surface area contributed by atoms with Crippen molar-refractivity contribution in [3.8, 4) is 11.1 Å². The van der Waals surface area contributed by atoms with Gasteiger partial charge in [0.05, 0.1) is 0 Å². The molecule has 0 unspecified atom stereocenters. The Hall–Kier alpha value is -2.98. The number of carboxylic acid groups (broad SMARTS) is 1. The van der Waals surface area contributed by atoms with Gasteiger partial charge >= 0.3 is 17.8 Å². The number of amides is 1. The average Bonchev–Trinajstić information content (AvgIpc) is 3.35. The summed E-state index contributed by atoms with van der Waals surface area (Å²) in [6, 6.07) is 16.0. The van der Waals surface area contributed by atoms with Gasteiger partial charge in [-0.25, -0.2) is 9.59 Å². The van der Waals surface area contributed by atoms with Crippen LogP contribution in [-0.2, 0) is 23.7 Å². The Labute approximate surface area is 190 Å². The number of hydrogen-bond acceptors (Lipinski definition) is 7. The van der Waals surface area contributed by atoms with Gasteiger partial charge in [-0.2, -0.15) is 0 Å². The zero-order valence-electron chi connectivity index (χ0n) is 18.2. The van der Waals surface area contributed by atoms with E-state index < -0.39 is 41.9 Å². The third kappa shape index (κ3) is 3.57. The SMILES string of the molecule is CC1(C)O[C@H]2[C@H](O)[C@H](CNC(=O)OCC3c4ccccc4-c4ccccc43)O[C@@]2(C(=O)O)O1. The van der Waals surface area contributed by atoms with Crippen LogP contribution in [0.1, 0.15) is 30.9 Å². The number of aliphatic carboxylic acids is 1. The third-order valence-corrected chi connectivity index (χ3v) is 6.29. The van der Waals surface area contributed by atoms with Crippen LogP contribution in [-0.4, -0.2) is 65.3 Å². The van der Waals surface area contributed by atoms with E-state index in [1.807, 2.05) is 48.5 Å². The largest absolute Gasteiger partial charge is 0.477 e.